The Kier molecular flexibility index (Phi) is 2.20. The first-order valence-corrected chi connectivity index (χ1v) is 6.89. The Labute approximate surface area is 108 Å². The second kappa shape index (κ2) is 3.59. The van der Waals surface area contributed by atoms with Gasteiger partial charge in [-0.2, -0.15) is 0 Å². The minimum atomic E-state index is -0.324. The third kappa shape index (κ3) is 1.31. The van der Waals surface area contributed by atoms with E-state index in [1.54, 1.807) is 0 Å². The van der Waals surface area contributed by atoms with Crippen LogP contribution >= 0.6 is 0 Å². The Morgan fingerprint density at radius 3 is 2.78 bits per heavy atom. The fourth-order valence-electron chi connectivity index (χ4n) is 3.97. The van der Waals surface area contributed by atoms with Crippen LogP contribution in [-0.4, -0.2) is 36.1 Å². The molecular weight excluding hydrogens is 225 g/mol. The molecule has 0 bridgehead atoms. The van der Waals surface area contributed by atoms with Gasteiger partial charge in [-0.25, -0.2) is 0 Å². The highest BCUT2D eigenvalue weighted by Crippen LogP contribution is 2.62. The molecule has 94 valence electrons. The highest BCUT2D eigenvalue weighted by Gasteiger charge is 2.63. The summed E-state index contributed by atoms with van der Waals surface area (Å²) in [4.78, 5) is 2.16. The third-order valence-corrected chi connectivity index (χ3v) is 5.06. The van der Waals surface area contributed by atoms with Crippen LogP contribution in [0.4, 0.5) is 0 Å². The fourth-order valence-corrected chi connectivity index (χ4v) is 3.97. The molecule has 1 aliphatic carbocycles. The van der Waals surface area contributed by atoms with Crippen LogP contribution in [0.3, 0.4) is 0 Å². The average molecular weight is 243 g/mol. The number of hydrogen-bond acceptors (Lipinski definition) is 3. The minimum absolute atomic E-state index is 0.229. The SMILES string of the molecule is CB(O)N1CCC2(CC1)c1ccccc1C1OC12. The third-order valence-electron chi connectivity index (χ3n) is 5.06. The van der Waals surface area contributed by atoms with Gasteiger partial charge in [-0.1, -0.05) is 24.3 Å². The number of benzene rings is 1. The van der Waals surface area contributed by atoms with Crippen LogP contribution in [0.2, 0.25) is 6.82 Å². The van der Waals surface area contributed by atoms with E-state index in [9.17, 15) is 5.02 Å². The molecule has 3 nitrogen and oxygen atoms in total. The largest absolute Gasteiger partial charge is 0.437 e. The molecule has 2 atom stereocenters. The molecule has 2 fully saturated rings. The van der Waals surface area contributed by atoms with Crippen LogP contribution in [0.15, 0.2) is 24.3 Å². The second-order valence-corrected chi connectivity index (χ2v) is 5.89. The number of rotatable bonds is 1. The molecule has 2 saturated heterocycles. The lowest BCUT2D eigenvalue weighted by Gasteiger charge is -2.41. The maximum atomic E-state index is 9.67. The van der Waals surface area contributed by atoms with Crippen LogP contribution < -0.4 is 0 Å². The lowest BCUT2D eigenvalue weighted by Crippen LogP contribution is -2.49. The lowest BCUT2D eigenvalue weighted by atomic mass is 9.70. The number of ether oxygens (including phenoxy) is 1. The van der Waals surface area contributed by atoms with Crippen molar-refractivity contribution in [3.05, 3.63) is 35.4 Å². The van der Waals surface area contributed by atoms with Gasteiger partial charge in [0.05, 0.1) is 6.10 Å². The molecule has 0 radical (unpaired) electrons. The van der Waals surface area contributed by atoms with Gasteiger partial charge < -0.3 is 14.6 Å². The molecule has 0 saturated carbocycles. The van der Waals surface area contributed by atoms with Gasteiger partial charge in [-0.3, -0.25) is 0 Å². The molecule has 2 unspecified atom stereocenters. The Morgan fingerprint density at radius 2 is 2.06 bits per heavy atom. The summed E-state index contributed by atoms with van der Waals surface area (Å²) in [5, 5.41) is 9.67. The van der Waals surface area contributed by atoms with E-state index in [0.29, 0.717) is 12.2 Å². The van der Waals surface area contributed by atoms with Crippen molar-refractivity contribution >= 4 is 7.05 Å². The van der Waals surface area contributed by atoms with Crippen LogP contribution in [0.5, 0.6) is 0 Å². The fraction of sp³-hybridized carbons (Fsp3) is 0.571. The maximum Gasteiger partial charge on any atom is 0.376 e. The van der Waals surface area contributed by atoms with E-state index in [-0.39, 0.29) is 12.5 Å². The smallest absolute Gasteiger partial charge is 0.376 e. The van der Waals surface area contributed by atoms with Crippen molar-refractivity contribution in [2.24, 2.45) is 0 Å². The van der Waals surface area contributed by atoms with Crippen molar-refractivity contribution in [1.82, 2.24) is 4.81 Å². The summed E-state index contributed by atoms with van der Waals surface area (Å²) in [5.74, 6) is 0. The summed E-state index contributed by atoms with van der Waals surface area (Å²) in [6.45, 7) is 3.80. The molecule has 1 spiro atoms. The Balaban J connectivity index is 1.67. The number of nitrogens with zero attached hydrogens (tertiary/aromatic N) is 1. The zero-order valence-electron chi connectivity index (χ0n) is 10.7. The number of epoxide rings is 1. The first-order chi connectivity index (χ1) is 8.72. The molecule has 2 heterocycles. The topological polar surface area (TPSA) is 36.0 Å². The van der Waals surface area contributed by atoms with Gasteiger partial charge in [-0.15, -0.1) is 0 Å². The monoisotopic (exact) mass is 243 g/mol. The molecule has 18 heavy (non-hydrogen) atoms. The molecule has 4 heteroatoms. The minimum Gasteiger partial charge on any atom is -0.437 e. The normalized spacial score (nSPS) is 32.1. The predicted octanol–water partition coefficient (Wildman–Crippen LogP) is 1.58. The van der Waals surface area contributed by atoms with Gasteiger partial charge >= 0.3 is 7.05 Å². The van der Waals surface area contributed by atoms with E-state index in [1.165, 1.54) is 11.1 Å². The molecular formula is C14H18BNO2. The van der Waals surface area contributed by atoms with E-state index >= 15 is 0 Å². The van der Waals surface area contributed by atoms with Gasteiger partial charge in [-0.05, 0) is 43.9 Å². The van der Waals surface area contributed by atoms with Crippen molar-refractivity contribution in [3.63, 3.8) is 0 Å². The standard InChI is InChI=1S/C14H18BNO2/c1-15(17)16-8-6-14(7-9-16)11-5-3-2-4-10(11)12-13(14)18-12/h2-5,12-13,17H,6-9H2,1H3. The first kappa shape index (κ1) is 11.0. The zero-order valence-corrected chi connectivity index (χ0v) is 10.7. The van der Waals surface area contributed by atoms with Crippen molar-refractivity contribution < 1.29 is 9.76 Å². The van der Waals surface area contributed by atoms with E-state index < -0.39 is 0 Å². The van der Waals surface area contributed by atoms with E-state index in [2.05, 4.69) is 29.1 Å². The van der Waals surface area contributed by atoms with Crippen molar-refractivity contribution in [1.29, 1.82) is 0 Å². The number of hydrogen-bond donors (Lipinski definition) is 1. The molecule has 4 rings (SSSR count). The van der Waals surface area contributed by atoms with Crippen LogP contribution in [0.1, 0.15) is 30.1 Å². The van der Waals surface area contributed by atoms with Crippen LogP contribution in [0, 0.1) is 0 Å². The van der Waals surface area contributed by atoms with E-state index in [1.807, 2.05) is 6.82 Å². The summed E-state index contributed by atoms with van der Waals surface area (Å²) in [6.07, 6.45) is 2.98. The first-order valence-electron chi connectivity index (χ1n) is 6.89. The maximum absolute atomic E-state index is 9.67. The van der Waals surface area contributed by atoms with Crippen LogP contribution in [-0.2, 0) is 10.2 Å². The Hall–Kier alpha value is -0.835. The van der Waals surface area contributed by atoms with Gasteiger partial charge in [0.25, 0.3) is 0 Å². The van der Waals surface area contributed by atoms with E-state index in [0.717, 1.165) is 25.9 Å². The van der Waals surface area contributed by atoms with Crippen molar-refractivity contribution in [2.75, 3.05) is 13.1 Å². The van der Waals surface area contributed by atoms with Gasteiger partial charge in [0.15, 0.2) is 0 Å². The van der Waals surface area contributed by atoms with Crippen molar-refractivity contribution in [2.45, 2.75) is 37.3 Å². The summed E-state index contributed by atoms with van der Waals surface area (Å²) >= 11 is 0. The second-order valence-electron chi connectivity index (χ2n) is 5.89. The molecule has 1 N–H and O–H groups in total. The highest BCUT2D eigenvalue weighted by atomic mass is 16.6. The molecule has 0 aromatic heterocycles. The summed E-state index contributed by atoms with van der Waals surface area (Å²) in [6, 6.07) is 8.76. The van der Waals surface area contributed by atoms with Crippen LogP contribution in [0.25, 0.3) is 0 Å². The zero-order chi connectivity index (χ0) is 12.3. The lowest BCUT2D eigenvalue weighted by molar-refractivity contribution is 0.169. The molecule has 1 aromatic rings. The summed E-state index contributed by atoms with van der Waals surface area (Å²) < 4.78 is 5.89. The van der Waals surface area contributed by atoms with Gasteiger partial charge in [0, 0.05) is 5.41 Å². The summed E-state index contributed by atoms with van der Waals surface area (Å²) in [7, 11) is -0.324. The average Bonchev–Trinajstić information content (AvgIpc) is 3.15. The molecule has 0 amide bonds. The molecule has 2 aliphatic heterocycles. The Bertz CT molecular complexity index is 482. The van der Waals surface area contributed by atoms with E-state index in [4.69, 9.17) is 4.74 Å². The number of piperidine rings is 1. The molecule has 1 aromatic carbocycles. The summed E-state index contributed by atoms with van der Waals surface area (Å²) in [5.41, 5.74) is 3.15. The van der Waals surface area contributed by atoms with Gasteiger partial charge in [0.1, 0.15) is 6.10 Å². The highest BCUT2D eigenvalue weighted by molar-refractivity contribution is 6.45. The van der Waals surface area contributed by atoms with Gasteiger partial charge in [0.2, 0.25) is 0 Å². The quantitative estimate of drug-likeness (QED) is 0.601. The number of fused-ring (bicyclic) bond motifs is 5. The predicted molar refractivity (Wildman–Crippen MR) is 70.4 cm³/mol. The van der Waals surface area contributed by atoms with Crippen molar-refractivity contribution in [3.8, 4) is 0 Å². The molecule has 3 aliphatic rings. The Morgan fingerprint density at radius 1 is 1.33 bits per heavy atom.